The van der Waals surface area contributed by atoms with E-state index in [-0.39, 0.29) is 12.2 Å². The van der Waals surface area contributed by atoms with Gasteiger partial charge in [0.2, 0.25) is 0 Å². The van der Waals surface area contributed by atoms with E-state index in [9.17, 15) is 18.0 Å². The van der Waals surface area contributed by atoms with Crippen LogP contribution in [0.15, 0.2) is 54.8 Å². The summed E-state index contributed by atoms with van der Waals surface area (Å²) in [5.41, 5.74) is 0.211. The first-order chi connectivity index (χ1) is 9.43. The first-order valence-corrected chi connectivity index (χ1v) is 5.68. The van der Waals surface area contributed by atoms with Crippen molar-refractivity contribution in [1.29, 1.82) is 0 Å². The van der Waals surface area contributed by atoms with Crippen LogP contribution in [0.3, 0.4) is 0 Å². The maximum Gasteiger partial charge on any atom is 0.326 e. The molecular weight excluding hydrogens is 269 g/mol. The van der Waals surface area contributed by atoms with Gasteiger partial charge in [0.05, 0.1) is 12.2 Å². The van der Waals surface area contributed by atoms with E-state index in [0.717, 1.165) is 17.0 Å². The van der Waals surface area contributed by atoms with E-state index in [1.807, 2.05) is 0 Å². The quantitative estimate of drug-likeness (QED) is 0.833. The largest absolute Gasteiger partial charge is 0.326 e. The number of urea groups is 1. The van der Waals surface area contributed by atoms with Crippen molar-refractivity contribution in [2.75, 3.05) is 5.32 Å². The van der Waals surface area contributed by atoms with Crippen molar-refractivity contribution in [1.82, 2.24) is 4.90 Å². The van der Waals surface area contributed by atoms with E-state index in [1.165, 1.54) is 12.1 Å². The molecule has 1 N–H and O–H groups in total. The second kappa shape index (κ2) is 5.24. The van der Waals surface area contributed by atoms with Gasteiger partial charge in [0, 0.05) is 0 Å². The highest BCUT2D eigenvalue weighted by atomic mass is 19.1. The molecule has 0 saturated carbocycles. The Morgan fingerprint density at radius 3 is 2.70 bits per heavy atom. The van der Waals surface area contributed by atoms with Crippen LogP contribution in [0.1, 0.15) is 5.56 Å². The zero-order valence-electron chi connectivity index (χ0n) is 10.4. The molecule has 0 aromatic heterocycles. The molecule has 0 spiro atoms. The number of carbonyl (C=O) groups excluding carboxylic acids is 1. The number of anilines is 1. The number of hydrogen-bond acceptors (Lipinski definition) is 1. The molecule has 0 saturated heterocycles. The zero-order chi connectivity index (χ0) is 14.9. The van der Waals surface area contributed by atoms with Crippen molar-refractivity contribution in [3.8, 4) is 0 Å². The van der Waals surface area contributed by atoms with Crippen LogP contribution < -0.4 is 5.32 Å². The molecule has 0 bridgehead atoms. The predicted molar refractivity (Wildman–Crippen MR) is 69.5 cm³/mol. The summed E-state index contributed by atoms with van der Waals surface area (Å²) in [6, 6.07) is 3.00. The van der Waals surface area contributed by atoms with Crippen molar-refractivity contribution in [3.63, 3.8) is 0 Å². The van der Waals surface area contributed by atoms with Gasteiger partial charge < -0.3 is 5.32 Å². The number of rotatable bonds is 3. The molecule has 3 nitrogen and oxygen atoms in total. The smallest absolute Gasteiger partial charge is 0.307 e. The molecule has 20 heavy (non-hydrogen) atoms. The van der Waals surface area contributed by atoms with Crippen molar-refractivity contribution < 1.29 is 18.0 Å². The fraction of sp³-hybridized carbons (Fsp3) is 0.0714. The van der Waals surface area contributed by atoms with E-state index in [1.54, 1.807) is 0 Å². The first-order valence-electron chi connectivity index (χ1n) is 5.68. The van der Waals surface area contributed by atoms with Crippen LogP contribution in [0.4, 0.5) is 23.7 Å². The molecule has 6 heteroatoms. The Morgan fingerprint density at radius 2 is 2.10 bits per heavy atom. The van der Waals surface area contributed by atoms with Gasteiger partial charge in [-0.05, 0) is 23.8 Å². The van der Waals surface area contributed by atoms with Gasteiger partial charge in [0.15, 0.2) is 0 Å². The highest BCUT2D eigenvalue weighted by Gasteiger charge is 2.29. The SMILES string of the molecule is C=C/C(F)=C(\C(=C)F)N1Cc2ccc(F)cc2NC1=O. The average molecular weight is 280 g/mol. The van der Waals surface area contributed by atoms with Gasteiger partial charge in [0.1, 0.15) is 23.2 Å². The van der Waals surface area contributed by atoms with Gasteiger partial charge in [0.25, 0.3) is 0 Å². The Morgan fingerprint density at radius 1 is 1.40 bits per heavy atom. The van der Waals surface area contributed by atoms with Crippen molar-refractivity contribution in [3.05, 3.63) is 66.2 Å². The van der Waals surface area contributed by atoms with E-state index in [4.69, 9.17) is 0 Å². The minimum atomic E-state index is -1.09. The average Bonchev–Trinajstić information content (AvgIpc) is 2.39. The van der Waals surface area contributed by atoms with Gasteiger partial charge in [-0.2, -0.15) is 0 Å². The number of carbonyl (C=O) groups is 1. The molecule has 0 aliphatic carbocycles. The highest BCUT2D eigenvalue weighted by molar-refractivity contribution is 5.93. The molecule has 1 aromatic rings. The number of fused-ring (bicyclic) bond motifs is 1. The Hall–Kier alpha value is -2.50. The molecule has 1 heterocycles. The molecule has 1 aliphatic heterocycles. The Kier molecular flexibility index (Phi) is 3.65. The van der Waals surface area contributed by atoms with Crippen LogP contribution in [-0.2, 0) is 6.54 Å². The van der Waals surface area contributed by atoms with Crippen LogP contribution in [0, 0.1) is 5.82 Å². The maximum absolute atomic E-state index is 13.6. The van der Waals surface area contributed by atoms with Crippen molar-refractivity contribution >= 4 is 11.7 Å². The normalized spacial score (nSPS) is 15.2. The minimum absolute atomic E-state index is 0.0963. The number of halogens is 3. The standard InChI is InChI=1S/C14H11F3N2O/c1-3-11(17)13(8(2)15)19-7-9-4-5-10(16)6-12(9)18-14(19)20/h3-6H,1-2,7H2,(H,18,20)/b13-11-. The lowest BCUT2D eigenvalue weighted by Crippen LogP contribution is -2.38. The van der Waals surface area contributed by atoms with Gasteiger partial charge in [-0.15, -0.1) is 0 Å². The second-order valence-corrected chi connectivity index (χ2v) is 4.12. The summed E-state index contributed by atoms with van der Waals surface area (Å²) in [5.74, 6) is -2.61. The molecule has 2 rings (SSSR count). The molecule has 1 aliphatic rings. The number of benzene rings is 1. The van der Waals surface area contributed by atoms with E-state index in [0.29, 0.717) is 5.56 Å². The van der Waals surface area contributed by atoms with E-state index in [2.05, 4.69) is 18.5 Å². The third kappa shape index (κ3) is 2.45. The van der Waals surface area contributed by atoms with Crippen LogP contribution >= 0.6 is 0 Å². The van der Waals surface area contributed by atoms with E-state index >= 15 is 0 Å². The summed E-state index contributed by atoms with van der Waals surface area (Å²) in [4.78, 5) is 12.7. The second-order valence-electron chi connectivity index (χ2n) is 4.12. The van der Waals surface area contributed by atoms with Crippen molar-refractivity contribution in [2.24, 2.45) is 0 Å². The van der Waals surface area contributed by atoms with Gasteiger partial charge in [-0.3, -0.25) is 4.90 Å². The number of hydrogen-bond donors (Lipinski definition) is 1. The monoisotopic (exact) mass is 280 g/mol. The molecule has 1 aromatic carbocycles. The summed E-state index contributed by atoms with van der Waals surface area (Å²) >= 11 is 0. The fourth-order valence-electron chi connectivity index (χ4n) is 1.91. The lowest BCUT2D eigenvalue weighted by atomic mass is 10.1. The third-order valence-corrected chi connectivity index (χ3v) is 2.82. The topological polar surface area (TPSA) is 32.3 Å². The number of nitrogens with one attached hydrogen (secondary N) is 1. The van der Waals surface area contributed by atoms with Gasteiger partial charge >= 0.3 is 6.03 Å². The number of nitrogens with zero attached hydrogens (tertiary/aromatic N) is 1. The minimum Gasteiger partial charge on any atom is -0.307 e. The molecule has 2 amide bonds. The van der Waals surface area contributed by atoms with Gasteiger partial charge in [-0.25, -0.2) is 18.0 Å². The molecule has 0 radical (unpaired) electrons. The third-order valence-electron chi connectivity index (χ3n) is 2.82. The highest BCUT2D eigenvalue weighted by Crippen LogP contribution is 2.30. The van der Waals surface area contributed by atoms with Crippen LogP contribution in [0.5, 0.6) is 0 Å². The Balaban J connectivity index is 2.45. The fourth-order valence-corrected chi connectivity index (χ4v) is 1.91. The molecular formula is C14H11F3N2O. The summed E-state index contributed by atoms with van der Waals surface area (Å²) in [6.45, 7) is 6.11. The van der Waals surface area contributed by atoms with Crippen LogP contribution in [0.25, 0.3) is 0 Å². The number of amides is 2. The van der Waals surface area contributed by atoms with E-state index < -0.39 is 29.2 Å². The zero-order valence-corrected chi connectivity index (χ0v) is 10.4. The molecule has 0 fully saturated rings. The molecule has 0 atom stereocenters. The molecule has 0 unspecified atom stereocenters. The Labute approximate surface area is 113 Å². The van der Waals surface area contributed by atoms with Crippen molar-refractivity contribution in [2.45, 2.75) is 6.54 Å². The maximum atomic E-state index is 13.6. The first kappa shape index (κ1) is 13.9. The summed E-state index contributed by atoms with van der Waals surface area (Å²) in [5, 5.41) is 2.37. The summed E-state index contributed by atoms with van der Waals surface area (Å²) in [7, 11) is 0. The lowest BCUT2D eigenvalue weighted by molar-refractivity contribution is 0.218. The van der Waals surface area contributed by atoms with Crippen LogP contribution in [0.2, 0.25) is 0 Å². The number of allylic oxidation sites excluding steroid dienone is 3. The summed E-state index contributed by atoms with van der Waals surface area (Å²) in [6.07, 6.45) is 0.785. The summed E-state index contributed by atoms with van der Waals surface area (Å²) < 4.78 is 40.1. The molecule has 104 valence electrons. The predicted octanol–water partition coefficient (Wildman–Crippen LogP) is 4.02. The Bertz CT molecular complexity index is 637. The lowest BCUT2D eigenvalue weighted by Gasteiger charge is -2.30. The van der Waals surface area contributed by atoms with Crippen LogP contribution in [-0.4, -0.2) is 10.9 Å². The van der Waals surface area contributed by atoms with Gasteiger partial charge in [-0.1, -0.05) is 19.2 Å².